The Hall–Kier alpha value is -2.19. The van der Waals surface area contributed by atoms with Gasteiger partial charge in [-0.05, 0) is 35.4 Å². The predicted octanol–water partition coefficient (Wildman–Crippen LogP) is 3.86. The van der Waals surface area contributed by atoms with Gasteiger partial charge in [-0.3, -0.25) is 4.79 Å². The molecule has 4 rings (SSSR count). The van der Waals surface area contributed by atoms with Crippen molar-refractivity contribution in [2.45, 2.75) is 36.0 Å². The molecular weight excluding hydrogens is 367 g/mol. The van der Waals surface area contributed by atoms with E-state index in [2.05, 4.69) is 0 Å². The van der Waals surface area contributed by atoms with Gasteiger partial charge in [-0.15, -0.1) is 0 Å². The van der Waals surface area contributed by atoms with Crippen molar-refractivity contribution in [2.75, 3.05) is 0 Å². The summed E-state index contributed by atoms with van der Waals surface area (Å²) in [6, 6.07) is 9.42. The van der Waals surface area contributed by atoms with Gasteiger partial charge in [0.1, 0.15) is 5.78 Å². The minimum atomic E-state index is -4.53. The number of hydrogen-bond acceptors (Lipinski definition) is 3. The molecule has 2 aliphatic heterocycles. The third-order valence-corrected chi connectivity index (χ3v) is 6.86. The number of fused-ring (bicyclic) bond motifs is 5. The van der Waals surface area contributed by atoms with Gasteiger partial charge in [0.25, 0.3) is 0 Å². The number of sulfonamides is 1. The lowest BCUT2D eigenvalue weighted by atomic mass is 10.0. The van der Waals surface area contributed by atoms with Crippen molar-refractivity contribution in [3.8, 4) is 0 Å². The number of benzene rings is 2. The number of halogens is 3. The Morgan fingerprint density at radius 2 is 1.38 bits per heavy atom. The Morgan fingerprint density at radius 3 is 1.85 bits per heavy atom. The maximum atomic E-state index is 13.1. The van der Waals surface area contributed by atoms with Crippen molar-refractivity contribution in [2.24, 2.45) is 0 Å². The molecule has 0 N–H and O–H groups in total. The van der Waals surface area contributed by atoms with E-state index in [-0.39, 0.29) is 23.5 Å². The summed E-state index contributed by atoms with van der Waals surface area (Å²) < 4.78 is 65.7. The number of ketones is 1. The monoisotopic (exact) mass is 381 g/mol. The van der Waals surface area contributed by atoms with Crippen LogP contribution in [0.4, 0.5) is 13.2 Å². The number of hydrogen-bond donors (Lipinski definition) is 0. The molecule has 0 spiro atoms. The second-order valence-electron chi connectivity index (χ2n) is 6.46. The average Bonchev–Trinajstić information content (AvgIpc) is 2.81. The molecule has 26 heavy (non-hydrogen) atoms. The molecule has 136 valence electrons. The topological polar surface area (TPSA) is 54.5 Å². The SMILES string of the molecule is O=C1CC2c3ccccc3C(C1)N2S(=O)(=O)c1ccc(C(F)(F)F)cc1. The summed E-state index contributed by atoms with van der Waals surface area (Å²) in [5.41, 5.74) is 0.675. The van der Waals surface area contributed by atoms with E-state index in [1.165, 1.54) is 4.31 Å². The second-order valence-corrected chi connectivity index (χ2v) is 8.31. The largest absolute Gasteiger partial charge is 0.416 e. The summed E-state index contributed by atoms with van der Waals surface area (Å²) in [6.07, 6.45) is -4.38. The Labute approximate surface area is 148 Å². The van der Waals surface area contributed by atoms with Gasteiger partial charge in [0.15, 0.2) is 0 Å². The smallest absolute Gasteiger partial charge is 0.300 e. The zero-order valence-corrected chi connectivity index (χ0v) is 14.2. The number of nitrogens with zero attached hydrogens (tertiary/aromatic N) is 1. The molecule has 0 aliphatic carbocycles. The van der Waals surface area contributed by atoms with Gasteiger partial charge >= 0.3 is 6.18 Å². The van der Waals surface area contributed by atoms with E-state index in [9.17, 15) is 26.4 Å². The normalized spacial score (nSPS) is 23.1. The van der Waals surface area contributed by atoms with Gasteiger partial charge in [0.2, 0.25) is 10.0 Å². The van der Waals surface area contributed by atoms with E-state index in [1.54, 1.807) is 24.3 Å². The van der Waals surface area contributed by atoms with Gasteiger partial charge in [-0.1, -0.05) is 24.3 Å². The fourth-order valence-corrected chi connectivity index (χ4v) is 5.57. The highest BCUT2D eigenvalue weighted by molar-refractivity contribution is 7.89. The van der Waals surface area contributed by atoms with Gasteiger partial charge in [-0.25, -0.2) is 8.42 Å². The standard InChI is InChI=1S/C18H14F3NO3S/c19-18(20,21)11-5-7-13(8-6-11)26(24,25)22-16-9-12(23)10-17(22)15-4-2-1-3-14(15)16/h1-8,16-17H,9-10H2. The summed E-state index contributed by atoms with van der Waals surface area (Å²) in [5.74, 6) is -0.0185. The molecule has 0 radical (unpaired) electrons. The number of Topliss-reactive ketones (excluding diaryl/α,β-unsaturated/α-hetero) is 1. The Balaban J connectivity index is 1.77. The molecule has 4 nitrogen and oxygen atoms in total. The van der Waals surface area contributed by atoms with E-state index in [4.69, 9.17) is 0 Å². The van der Waals surface area contributed by atoms with Crippen LogP contribution in [0.3, 0.4) is 0 Å². The summed E-state index contributed by atoms with van der Waals surface area (Å²) in [4.78, 5) is 11.8. The number of rotatable bonds is 2. The molecule has 1 saturated heterocycles. The zero-order chi connectivity index (χ0) is 18.7. The Bertz CT molecular complexity index is 948. The van der Waals surface area contributed by atoms with Crippen LogP contribution in [0.1, 0.15) is 41.6 Å². The summed E-state index contributed by atoms with van der Waals surface area (Å²) in [5, 5.41) is 0. The van der Waals surface area contributed by atoms with Crippen LogP contribution in [0, 0.1) is 0 Å². The molecule has 2 aromatic rings. The lowest BCUT2D eigenvalue weighted by molar-refractivity contribution is -0.137. The fraction of sp³-hybridized carbons (Fsp3) is 0.278. The van der Waals surface area contributed by atoms with Crippen molar-refractivity contribution < 1.29 is 26.4 Å². The first-order valence-electron chi connectivity index (χ1n) is 8.01. The lowest BCUT2D eigenvalue weighted by Crippen LogP contribution is -2.38. The number of piperidine rings is 1. The summed E-state index contributed by atoms with van der Waals surface area (Å²) in [6.45, 7) is 0. The number of carbonyl (C=O) groups is 1. The van der Waals surface area contributed by atoms with Gasteiger partial charge in [0, 0.05) is 12.8 Å². The van der Waals surface area contributed by atoms with Crippen LogP contribution in [0.2, 0.25) is 0 Å². The predicted molar refractivity (Wildman–Crippen MR) is 86.6 cm³/mol. The minimum absolute atomic E-state index is 0.0185. The molecule has 2 aromatic carbocycles. The highest BCUT2D eigenvalue weighted by Gasteiger charge is 2.50. The first-order valence-corrected chi connectivity index (χ1v) is 9.45. The van der Waals surface area contributed by atoms with E-state index >= 15 is 0 Å². The van der Waals surface area contributed by atoms with Gasteiger partial charge < -0.3 is 0 Å². The van der Waals surface area contributed by atoms with E-state index in [0.717, 1.165) is 35.4 Å². The van der Waals surface area contributed by atoms with Crippen LogP contribution in [0.25, 0.3) is 0 Å². The first-order chi connectivity index (χ1) is 12.2. The van der Waals surface area contributed by atoms with Crippen LogP contribution in [0.5, 0.6) is 0 Å². The highest BCUT2D eigenvalue weighted by Crippen LogP contribution is 2.52. The Morgan fingerprint density at radius 1 is 0.885 bits per heavy atom. The first kappa shape index (κ1) is 17.2. The van der Waals surface area contributed by atoms with Crippen molar-refractivity contribution in [1.29, 1.82) is 0 Å². The molecule has 2 aliphatic rings. The van der Waals surface area contributed by atoms with E-state index in [1.807, 2.05) is 0 Å². The van der Waals surface area contributed by atoms with E-state index in [0.29, 0.717) is 0 Å². The second kappa shape index (κ2) is 5.65. The van der Waals surface area contributed by atoms with Crippen LogP contribution < -0.4 is 0 Å². The van der Waals surface area contributed by atoms with Crippen molar-refractivity contribution >= 4 is 15.8 Å². The van der Waals surface area contributed by atoms with Crippen LogP contribution >= 0.6 is 0 Å². The molecule has 2 unspecified atom stereocenters. The summed E-state index contributed by atoms with van der Waals surface area (Å²) in [7, 11) is -4.04. The number of carbonyl (C=O) groups excluding carboxylic acids is 1. The van der Waals surface area contributed by atoms with Crippen molar-refractivity contribution in [1.82, 2.24) is 4.31 Å². The van der Waals surface area contributed by atoms with Crippen LogP contribution in [-0.4, -0.2) is 18.5 Å². The van der Waals surface area contributed by atoms with Crippen molar-refractivity contribution in [3.05, 3.63) is 65.2 Å². The Kier molecular flexibility index (Phi) is 3.75. The lowest BCUT2D eigenvalue weighted by Gasteiger charge is -2.33. The quantitative estimate of drug-likeness (QED) is 0.794. The zero-order valence-electron chi connectivity index (χ0n) is 13.4. The maximum Gasteiger partial charge on any atom is 0.416 e. The fourth-order valence-electron chi connectivity index (χ4n) is 3.80. The number of alkyl halides is 3. The van der Waals surface area contributed by atoms with E-state index < -0.39 is 33.8 Å². The molecule has 8 heteroatoms. The molecule has 0 amide bonds. The third kappa shape index (κ3) is 2.55. The molecule has 1 fully saturated rings. The van der Waals surface area contributed by atoms with Gasteiger partial charge in [0.05, 0.1) is 22.5 Å². The minimum Gasteiger partial charge on any atom is -0.300 e. The average molecular weight is 381 g/mol. The highest BCUT2D eigenvalue weighted by atomic mass is 32.2. The van der Waals surface area contributed by atoms with Gasteiger partial charge in [-0.2, -0.15) is 17.5 Å². The molecule has 0 saturated carbocycles. The van der Waals surface area contributed by atoms with Crippen molar-refractivity contribution in [3.63, 3.8) is 0 Å². The van der Waals surface area contributed by atoms with Crippen LogP contribution in [-0.2, 0) is 21.0 Å². The molecule has 0 aromatic heterocycles. The third-order valence-electron chi connectivity index (χ3n) is 4.93. The summed E-state index contributed by atoms with van der Waals surface area (Å²) >= 11 is 0. The molecule has 2 heterocycles. The molecular formula is C18H14F3NO3S. The molecule has 2 bridgehead atoms. The van der Waals surface area contributed by atoms with Crippen LogP contribution in [0.15, 0.2) is 53.4 Å². The molecule has 2 atom stereocenters. The maximum absolute atomic E-state index is 13.1.